The standard InChI is InChI=1S/C16H24N2O/c19-16(11-10-14-7-6-12-17-13-14)18-15-8-4-2-1-3-5-9-15/h6-7,12-13,15H,1-5,8-11H2,(H,18,19). The quantitative estimate of drug-likeness (QED) is 0.903. The highest BCUT2D eigenvalue weighted by Gasteiger charge is 2.13. The predicted molar refractivity (Wildman–Crippen MR) is 76.8 cm³/mol. The highest BCUT2D eigenvalue weighted by Crippen LogP contribution is 2.17. The number of nitrogens with one attached hydrogen (secondary N) is 1. The number of carbonyl (C=O) groups is 1. The van der Waals surface area contributed by atoms with Crippen LogP contribution in [0.4, 0.5) is 0 Å². The number of hydrogen-bond donors (Lipinski definition) is 1. The summed E-state index contributed by atoms with van der Waals surface area (Å²) in [4.78, 5) is 16.0. The van der Waals surface area contributed by atoms with Gasteiger partial charge in [-0.2, -0.15) is 0 Å². The largest absolute Gasteiger partial charge is 0.353 e. The molecule has 1 heterocycles. The van der Waals surface area contributed by atoms with Crippen LogP contribution in [0.3, 0.4) is 0 Å². The number of aryl methyl sites for hydroxylation is 1. The summed E-state index contributed by atoms with van der Waals surface area (Å²) >= 11 is 0. The minimum absolute atomic E-state index is 0.189. The van der Waals surface area contributed by atoms with Crippen molar-refractivity contribution in [2.75, 3.05) is 0 Å². The fourth-order valence-electron chi connectivity index (χ4n) is 2.70. The molecule has 104 valence electrons. The molecule has 0 unspecified atom stereocenters. The number of pyridine rings is 1. The zero-order valence-electron chi connectivity index (χ0n) is 11.6. The van der Waals surface area contributed by atoms with E-state index in [-0.39, 0.29) is 5.91 Å². The van der Waals surface area contributed by atoms with Gasteiger partial charge in [0.1, 0.15) is 0 Å². The highest BCUT2D eigenvalue weighted by molar-refractivity contribution is 5.76. The Balaban J connectivity index is 1.71. The number of hydrogen-bond acceptors (Lipinski definition) is 2. The summed E-state index contributed by atoms with van der Waals surface area (Å²) in [7, 11) is 0. The van der Waals surface area contributed by atoms with Gasteiger partial charge in [-0.05, 0) is 30.9 Å². The van der Waals surface area contributed by atoms with Crippen LogP contribution in [0.5, 0.6) is 0 Å². The number of rotatable bonds is 4. The average Bonchev–Trinajstić information content (AvgIpc) is 2.41. The molecule has 1 N–H and O–H groups in total. The van der Waals surface area contributed by atoms with E-state index in [0.717, 1.165) is 24.8 Å². The second-order valence-electron chi connectivity index (χ2n) is 5.47. The molecular weight excluding hydrogens is 236 g/mol. The Hall–Kier alpha value is -1.38. The normalized spacial score (nSPS) is 17.5. The highest BCUT2D eigenvalue weighted by atomic mass is 16.1. The van der Waals surface area contributed by atoms with Crippen molar-refractivity contribution in [3.8, 4) is 0 Å². The van der Waals surface area contributed by atoms with Crippen LogP contribution in [0.2, 0.25) is 0 Å². The van der Waals surface area contributed by atoms with Gasteiger partial charge in [0.15, 0.2) is 0 Å². The molecule has 1 aromatic heterocycles. The van der Waals surface area contributed by atoms with Crippen LogP contribution in [0.15, 0.2) is 24.5 Å². The van der Waals surface area contributed by atoms with E-state index in [4.69, 9.17) is 0 Å². The van der Waals surface area contributed by atoms with Gasteiger partial charge in [-0.25, -0.2) is 0 Å². The third-order valence-corrected chi connectivity index (χ3v) is 3.83. The first kappa shape index (κ1) is 14.0. The average molecular weight is 260 g/mol. The van der Waals surface area contributed by atoms with Crippen molar-refractivity contribution in [2.45, 2.75) is 63.8 Å². The lowest BCUT2D eigenvalue weighted by Gasteiger charge is -2.21. The molecule has 1 saturated carbocycles. The SMILES string of the molecule is O=C(CCc1cccnc1)NC1CCCCCCC1. The molecule has 0 aliphatic heterocycles. The summed E-state index contributed by atoms with van der Waals surface area (Å²) in [6.45, 7) is 0. The van der Waals surface area contributed by atoms with Crippen molar-refractivity contribution in [1.82, 2.24) is 10.3 Å². The molecule has 1 aromatic rings. The van der Waals surface area contributed by atoms with E-state index in [9.17, 15) is 4.79 Å². The van der Waals surface area contributed by atoms with Crippen molar-refractivity contribution >= 4 is 5.91 Å². The van der Waals surface area contributed by atoms with Gasteiger partial charge < -0.3 is 5.32 Å². The zero-order chi connectivity index (χ0) is 13.3. The Labute approximate surface area is 115 Å². The lowest BCUT2D eigenvalue weighted by Crippen LogP contribution is -2.35. The lowest BCUT2D eigenvalue weighted by molar-refractivity contribution is -0.121. The number of carbonyl (C=O) groups excluding carboxylic acids is 1. The predicted octanol–water partition coefficient (Wildman–Crippen LogP) is 3.24. The monoisotopic (exact) mass is 260 g/mol. The Morgan fingerprint density at radius 1 is 1.21 bits per heavy atom. The van der Waals surface area contributed by atoms with Crippen LogP contribution in [0.25, 0.3) is 0 Å². The Morgan fingerprint density at radius 3 is 2.63 bits per heavy atom. The van der Waals surface area contributed by atoms with E-state index in [1.54, 1.807) is 6.20 Å². The first-order valence-electron chi connectivity index (χ1n) is 7.53. The molecule has 3 nitrogen and oxygen atoms in total. The van der Waals surface area contributed by atoms with Crippen LogP contribution in [0.1, 0.15) is 56.9 Å². The maximum Gasteiger partial charge on any atom is 0.220 e. The molecule has 1 aliphatic carbocycles. The number of aromatic nitrogens is 1. The van der Waals surface area contributed by atoms with Gasteiger partial charge in [0.05, 0.1) is 0 Å². The van der Waals surface area contributed by atoms with E-state index in [2.05, 4.69) is 10.3 Å². The second kappa shape index (κ2) is 7.93. The summed E-state index contributed by atoms with van der Waals surface area (Å²) in [6.07, 6.45) is 13.8. The number of nitrogens with zero attached hydrogens (tertiary/aromatic N) is 1. The van der Waals surface area contributed by atoms with Crippen LogP contribution < -0.4 is 5.32 Å². The van der Waals surface area contributed by atoms with Gasteiger partial charge in [0.2, 0.25) is 5.91 Å². The van der Waals surface area contributed by atoms with E-state index in [1.165, 1.54) is 32.1 Å². The first-order valence-corrected chi connectivity index (χ1v) is 7.53. The molecule has 1 aliphatic rings. The van der Waals surface area contributed by atoms with E-state index < -0.39 is 0 Å². The summed E-state index contributed by atoms with van der Waals surface area (Å²) < 4.78 is 0. The van der Waals surface area contributed by atoms with Crippen molar-refractivity contribution in [1.29, 1.82) is 0 Å². The molecule has 1 fully saturated rings. The van der Waals surface area contributed by atoms with Gasteiger partial charge in [-0.15, -0.1) is 0 Å². The minimum atomic E-state index is 0.189. The van der Waals surface area contributed by atoms with Gasteiger partial charge in [-0.1, -0.05) is 38.2 Å². The fraction of sp³-hybridized carbons (Fsp3) is 0.625. The van der Waals surface area contributed by atoms with Crippen molar-refractivity contribution in [2.24, 2.45) is 0 Å². The molecular formula is C16H24N2O. The Kier molecular flexibility index (Phi) is 5.86. The third-order valence-electron chi connectivity index (χ3n) is 3.83. The van der Waals surface area contributed by atoms with E-state index >= 15 is 0 Å². The second-order valence-corrected chi connectivity index (χ2v) is 5.47. The number of amides is 1. The van der Waals surface area contributed by atoms with Crippen LogP contribution in [-0.2, 0) is 11.2 Å². The minimum Gasteiger partial charge on any atom is -0.353 e. The topological polar surface area (TPSA) is 42.0 Å². The summed E-state index contributed by atoms with van der Waals surface area (Å²) in [6, 6.07) is 4.35. The van der Waals surface area contributed by atoms with E-state index in [0.29, 0.717) is 12.5 Å². The maximum absolute atomic E-state index is 12.0. The third kappa shape index (κ3) is 5.41. The fourth-order valence-corrected chi connectivity index (χ4v) is 2.70. The molecule has 0 atom stereocenters. The van der Waals surface area contributed by atoms with Gasteiger partial charge in [0.25, 0.3) is 0 Å². The van der Waals surface area contributed by atoms with Gasteiger partial charge in [0, 0.05) is 24.9 Å². The maximum atomic E-state index is 12.0. The molecule has 3 heteroatoms. The Morgan fingerprint density at radius 2 is 1.95 bits per heavy atom. The molecule has 0 bridgehead atoms. The van der Waals surface area contributed by atoms with Crippen molar-refractivity contribution < 1.29 is 4.79 Å². The molecule has 1 amide bonds. The van der Waals surface area contributed by atoms with Crippen LogP contribution >= 0.6 is 0 Å². The van der Waals surface area contributed by atoms with Gasteiger partial charge in [-0.3, -0.25) is 9.78 Å². The summed E-state index contributed by atoms with van der Waals surface area (Å²) in [5, 5.41) is 3.20. The lowest BCUT2D eigenvalue weighted by atomic mass is 9.96. The molecule has 0 radical (unpaired) electrons. The summed E-state index contributed by atoms with van der Waals surface area (Å²) in [5.74, 6) is 0.189. The molecule has 0 spiro atoms. The molecule has 0 saturated heterocycles. The smallest absolute Gasteiger partial charge is 0.220 e. The molecule has 19 heavy (non-hydrogen) atoms. The van der Waals surface area contributed by atoms with Crippen molar-refractivity contribution in [3.05, 3.63) is 30.1 Å². The summed E-state index contributed by atoms with van der Waals surface area (Å²) in [5.41, 5.74) is 1.13. The van der Waals surface area contributed by atoms with Crippen LogP contribution in [0, 0.1) is 0 Å². The van der Waals surface area contributed by atoms with Crippen molar-refractivity contribution in [3.63, 3.8) is 0 Å². The molecule has 0 aromatic carbocycles. The van der Waals surface area contributed by atoms with Gasteiger partial charge >= 0.3 is 0 Å². The molecule has 2 rings (SSSR count). The van der Waals surface area contributed by atoms with Crippen LogP contribution in [-0.4, -0.2) is 16.9 Å². The Bertz CT molecular complexity index is 370. The van der Waals surface area contributed by atoms with E-state index in [1.807, 2.05) is 18.3 Å². The zero-order valence-corrected chi connectivity index (χ0v) is 11.6. The first-order chi connectivity index (χ1) is 9.34.